The topological polar surface area (TPSA) is 88.6 Å². The molecule has 4 aromatic rings. The summed E-state index contributed by atoms with van der Waals surface area (Å²) in [4.78, 5) is 15.7. The van der Waals surface area contributed by atoms with Crippen LogP contribution in [0.4, 0.5) is 11.8 Å². The van der Waals surface area contributed by atoms with E-state index in [-0.39, 0.29) is 0 Å². The van der Waals surface area contributed by atoms with E-state index >= 15 is 0 Å². The number of aromatic nitrogens is 5. The van der Waals surface area contributed by atoms with Gasteiger partial charge in [0.2, 0.25) is 5.95 Å². The second-order valence-corrected chi connectivity index (χ2v) is 5.71. The number of aryl methyl sites for hydroxylation is 1. The minimum atomic E-state index is 0.468. The number of nitrogens with zero attached hydrogens (tertiary/aromatic N) is 4. The molecule has 0 aliphatic carbocycles. The fourth-order valence-corrected chi connectivity index (χ4v) is 2.73. The number of benzene rings is 2. The molecule has 144 valence electrons. The number of nitrogens with one attached hydrogen (secondary N) is 2. The van der Waals surface area contributed by atoms with Gasteiger partial charge in [0.05, 0.1) is 17.7 Å². The van der Waals surface area contributed by atoms with Crippen molar-refractivity contribution >= 4 is 45.3 Å². The summed E-state index contributed by atoms with van der Waals surface area (Å²) < 4.78 is 5.73. The van der Waals surface area contributed by atoms with Crippen LogP contribution in [0.3, 0.4) is 0 Å². The molecule has 0 amide bonds. The van der Waals surface area contributed by atoms with E-state index in [1.807, 2.05) is 67.3 Å². The number of alkyl halides is 1. The van der Waals surface area contributed by atoms with Crippen LogP contribution in [0.1, 0.15) is 12.7 Å². The first-order valence-electron chi connectivity index (χ1n) is 8.77. The third kappa shape index (κ3) is 4.38. The van der Waals surface area contributed by atoms with Gasteiger partial charge in [0.1, 0.15) is 17.4 Å². The molecular weight excluding hydrogens is 467 g/mol. The van der Waals surface area contributed by atoms with E-state index in [4.69, 9.17) is 14.7 Å². The van der Waals surface area contributed by atoms with Gasteiger partial charge in [-0.3, -0.25) is 5.10 Å². The van der Waals surface area contributed by atoms with Crippen molar-refractivity contribution in [2.45, 2.75) is 13.8 Å². The predicted molar refractivity (Wildman–Crippen MR) is 120 cm³/mol. The Labute approximate surface area is 177 Å². The molecule has 0 aliphatic rings. The van der Waals surface area contributed by atoms with E-state index in [0.29, 0.717) is 24.2 Å². The largest absolute Gasteiger partial charge is 0.493 e. The second-order valence-electron chi connectivity index (χ2n) is 5.71. The van der Waals surface area contributed by atoms with Crippen LogP contribution in [-0.2, 0) is 0 Å². The molecule has 0 aliphatic heterocycles. The van der Waals surface area contributed by atoms with Gasteiger partial charge in [0.15, 0.2) is 5.82 Å². The van der Waals surface area contributed by atoms with E-state index in [9.17, 15) is 0 Å². The predicted octanol–water partition coefficient (Wildman–Crippen LogP) is 4.92. The minimum absolute atomic E-state index is 0.468. The monoisotopic (exact) mass is 488 g/mol. The van der Waals surface area contributed by atoms with Crippen molar-refractivity contribution in [3.05, 3.63) is 54.4 Å². The number of anilines is 2. The summed E-state index contributed by atoms with van der Waals surface area (Å²) in [5.74, 6) is 3.19. The molecule has 0 fully saturated rings. The van der Waals surface area contributed by atoms with E-state index in [0.717, 1.165) is 28.0 Å². The number of H-pyrrole nitrogens is 1. The van der Waals surface area contributed by atoms with Gasteiger partial charge in [-0.1, -0.05) is 46.9 Å². The van der Waals surface area contributed by atoms with Gasteiger partial charge >= 0.3 is 0 Å². The van der Waals surface area contributed by atoms with Crippen molar-refractivity contribution in [1.29, 1.82) is 0 Å². The lowest BCUT2D eigenvalue weighted by molar-refractivity contribution is 0.341. The maximum atomic E-state index is 5.73. The Balaban J connectivity index is 0.00000109. The molecule has 0 saturated carbocycles. The molecule has 0 bridgehead atoms. The van der Waals surface area contributed by atoms with E-state index < -0.39 is 0 Å². The molecule has 28 heavy (non-hydrogen) atoms. The Morgan fingerprint density at radius 3 is 2.50 bits per heavy atom. The third-order valence-electron chi connectivity index (χ3n) is 3.86. The summed E-state index contributed by atoms with van der Waals surface area (Å²) in [5.41, 5.74) is 1.67. The summed E-state index contributed by atoms with van der Waals surface area (Å²) in [5, 5.41) is 11.0. The standard InChI is InChI=1S/C19H18N6O.CH3I/c1-3-26-16-11-7-5-9-14(16)18-21-15-10-6-4-8-13(15)17(22-18)23-19-20-12(2)24-25-19;1-2/h4-11H,3H2,1-2H3,(H2,20,21,22,23,24,25);1H3. The summed E-state index contributed by atoms with van der Waals surface area (Å²) in [7, 11) is 0. The summed E-state index contributed by atoms with van der Waals surface area (Å²) in [6.07, 6.45) is 0. The molecule has 0 atom stereocenters. The Kier molecular flexibility index (Phi) is 6.75. The van der Waals surface area contributed by atoms with Crippen LogP contribution >= 0.6 is 22.6 Å². The molecule has 2 aromatic carbocycles. The van der Waals surface area contributed by atoms with Crippen LogP contribution in [0.15, 0.2) is 48.5 Å². The number of fused-ring (bicyclic) bond motifs is 1. The third-order valence-corrected chi connectivity index (χ3v) is 3.86. The molecule has 0 spiro atoms. The highest BCUT2D eigenvalue weighted by Crippen LogP contribution is 2.31. The van der Waals surface area contributed by atoms with Gasteiger partial charge in [0.25, 0.3) is 0 Å². The molecule has 7 nitrogen and oxygen atoms in total. The molecule has 2 aromatic heterocycles. The molecular formula is C20H21IN6O. The zero-order valence-corrected chi connectivity index (χ0v) is 18.1. The van der Waals surface area contributed by atoms with Gasteiger partial charge in [-0.05, 0) is 43.0 Å². The number of rotatable bonds is 5. The van der Waals surface area contributed by atoms with Crippen molar-refractivity contribution in [2.75, 3.05) is 16.9 Å². The van der Waals surface area contributed by atoms with Crippen LogP contribution < -0.4 is 10.1 Å². The van der Waals surface area contributed by atoms with Crippen molar-refractivity contribution in [3.63, 3.8) is 0 Å². The SMILES string of the molecule is CCOc1ccccc1-c1nc(Nc2n[nH]c(C)n2)c2ccccc2n1.CI. The molecule has 0 unspecified atom stereocenters. The molecule has 4 rings (SSSR count). The normalized spacial score (nSPS) is 10.3. The fraction of sp³-hybridized carbons (Fsp3) is 0.200. The van der Waals surface area contributed by atoms with Crippen molar-refractivity contribution < 1.29 is 4.74 Å². The highest BCUT2D eigenvalue weighted by atomic mass is 127. The number of halogens is 1. The smallest absolute Gasteiger partial charge is 0.247 e. The Morgan fingerprint density at radius 2 is 1.75 bits per heavy atom. The van der Waals surface area contributed by atoms with Crippen LogP contribution in [-0.4, -0.2) is 36.7 Å². The lowest BCUT2D eigenvalue weighted by atomic mass is 10.1. The lowest BCUT2D eigenvalue weighted by Gasteiger charge is -2.12. The maximum absolute atomic E-state index is 5.73. The van der Waals surface area contributed by atoms with E-state index in [1.54, 1.807) is 0 Å². The van der Waals surface area contributed by atoms with Crippen LogP contribution in [0, 0.1) is 6.92 Å². The average molecular weight is 488 g/mol. The highest BCUT2D eigenvalue weighted by molar-refractivity contribution is 14.1. The average Bonchev–Trinajstić information content (AvgIpc) is 3.15. The first-order valence-corrected chi connectivity index (χ1v) is 10.9. The van der Waals surface area contributed by atoms with E-state index in [2.05, 4.69) is 43.1 Å². The zero-order valence-electron chi connectivity index (χ0n) is 15.9. The number of aromatic amines is 1. The van der Waals surface area contributed by atoms with Gasteiger partial charge in [-0.25, -0.2) is 9.97 Å². The fourth-order valence-electron chi connectivity index (χ4n) is 2.73. The van der Waals surface area contributed by atoms with E-state index in [1.165, 1.54) is 0 Å². The van der Waals surface area contributed by atoms with Gasteiger partial charge < -0.3 is 10.1 Å². The Bertz CT molecular complexity index is 1070. The van der Waals surface area contributed by atoms with Gasteiger partial charge in [-0.2, -0.15) is 4.98 Å². The maximum Gasteiger partial charge on any atom is 0.247 e. The van der Waals surface area contributed by atoms with Crippen LogP contribution in [0.2, 0.25) is 0 Å². The Morgan fingerprint density at radius 1 is 1.00 bits per heavy atom. The number of para-hydroxylation sites is 2. The number of hydrogen-bond acceptors (Lipinski definition) is 6. The first kappa shape index (κ1) is 20.0. The van der Waals surface area contributed by atoms with Crippen LogP contribution in [0.25, 0.3) is 22.3 Å². The summed E-state index contributed by atoms with van der Waals surface area (Å²) in [6.45, 7) is 4.38. The first-order chi connectivity index (χ1) is 13.7. The number of ether oxygens (including phenoxy) is 1. The zero-order chi connectivity index (χ0) is 19.9. The highest BCUT2D eigenvalue weighted by Gasteiger charge is 2.14. The van der Waals surface area contributed by atoms with Crippen LogP contribution in [0.5, 0.6) is 5.75 Å². The Hall–Kier alpha value is -2.75. The van der Waals surface area contributed by atoms with Gasteiger partial charge in [-0.15, -0.1) is 5.10 Å². The lowest BCUT2D eigenvalue weighted by Crippen LogP contribution is -2.02. The summed E-state index contributed by atoms with van der Waals surface area (Å²) >= 11 is 2.15. The second kappa shape index (κ2) is 9.45. The molecule has 2 heterocycles. The molecule has 2 N–H and O–H groups in total. The molecule has 0 saturated heterocycles. The van der Waals surface area contributed by atoms with Crippen molar-refractivity contribution in [2.24, 2.45) is 0 Å². The van der Waals surface area contributed by atoms with Crippen molar-refractivity contribution in [3.8, 4) is 17.1 Å². The minimum Gasteiger partial charge on any atom is -0.493 e. The van der Waals surface area contributed by atoms with Gasteiger partial charge in [0, 0.05) is 5.39 Å². The summed E-state index contributed by atoms with van der Waals surface area (Å²) in [6, 6.07) is 15.6. The van der Waals surface area contributed by atoms with Crippen molar-refractivity contribution in [1.82, 2.24) is 25.1 Å². The quantitative estimate of drug-likeness (QED) is 0.307. The molecule has 8 heteroatoms. The molecule has 0 radical (unpaired) electrons. The number of hydrogen-bond donors (Lipinski definition) is 2.